The first kappa shape index (κ1) is 22.5. The summed E-state index contributed by atoms with van der Waals surface area (Å²) < 4.78 is 0. The Morgan fingerprint density at radius 3 is 1.12 bits per heavy atom. The molecule has 0 saturated heterocycles. The molecular weight excluding hydrogens is 520 g/mol. The van der Waals surface area contributed by atoms with Crippen LogP contribution in [0.15, 0.2) is 60.7 Å². The molecule has 2 aliphatic carbocycles. The normalized spacial score (nSPS) is 15.4. The molecule has 0 saturated carbocycles. The van der Waals surface area contributed by atoms with Gasteiger partial charge in [-0.3, -0.25) is 19.2 Å². The number of hydrogen-bond donors (Lipinski definition) is 0. The van der Waals surface area contributed by atoms with Crippen molar-refractivity contribution in [3.63, 3.8) is 0 Å². The van der Waals surface area contributed by atoms with Crippen LogP contribution in [0.1, 0.15) is 65.4 Å². The lowest BCUT2D eigenvalue weighted by atomic mass is 9.77. The van der Waals surface area contributed by atoms with Gasteiger partial charge in [-0.1, -0.05) is 48.5 Å². The maximum absolute atomic E-state index is 13.0. The number of fused-ring (bicyclic) bond motifs is 4. The molecule has 0 unspecified atom stereocenters. The molecule has 0 bridgehead atoms. The van der Waals surface area contributed by atoms with Crippen LogP contribution in [-0.4, -0.2) is 23.1 Å². The van der Waals surface area contributed by atoms with Crippen molar-refractivity contribution in [1.82, 2.24) is 0 Å². The molecule has 0 radical (unpaired) electrons. The highest BCUT2D eigenvalue weighted by molar-refractivity contribution is 6.46. The standard InChI is InChI=1S/C38H20O4/c1-15-11-25-29(41)13-27(39)21-7-3-19-17-6-10-24-32-16(2)12-26-30(42)14-28(40)22-8-4-20(38(32)36(22)26)18-5-9-23(33(17)34(18)24)31(15)37(19)35(21)25/h3-12H,13-14H2,1-2H3. The molecule has 0 aliphatic heterocycles. The minimum Gasteiger partial charge on any atom is -0.294 e. The van der Waals surface area contributed by atoms with E-state index in [1.807, 2.05) is 24.3 Å². The average molecular weight is 541 g/mol. The number of benzene rings is 8. The summed E-state index contributed by atoms with van der Waals surface area (Å²) in [5.41, 5.74) is 4.59. The van der Waals surface area contributed by atoms with Crippen LogP contribution in [0.3, 0.4) is 0 Å². The van der Waals surface area contributed by atoms with E-state index in [4.69, 9.17) is 0 Å². The first-order valence-electron chi connectivity index (χ1n) is 14.3. The highest BCUT2D eigenvalue weighted by Crippen LogP contribution is 2.51. The molecule has 8 aromatic rings. The summed E-state index contributed by atoms with van der Waals surface area (Å²) in [5.74, 6) is -0.457. The van der Waals surface area contributed by atoms with Crippen LogP contribution in [0, 0.1) is 13.8 Å². The highest BCUT2D eigenvalue weighted by atomic mass is 16.2. The van der Waals surface area contributed by atoms with Gasteiger partial charge >= 0.3 is 0 Å². The first-order chi connectivity index (χ1) is 20.3. The third kappa shape index (κ3) is 2.32. The van der Waals surface area contributed by atoms with E-state index < -0.39 is 0 Å². The zero-order valence-electron chi connectivity index (χ0n) is 22.8. The molecule has 0 amide bonds. The van der Waals surface area contributed by atoms with E-state index >= 15 is 0 Å². The number of Topliss-reactive ketones (excluding diaryl/α,β-unsaturated/α-hetero) is 4. The average Bonchev–Trinajstić information content (AvgIpc) is 2.98. The maximum Gasteiger partial charge on any atom is 0.171 e. The second kappa shape index (κ2) is 6.97. The Labute approximate surface area is 238 Å². The van der Waals surface area contributed by atoms with Crippen molar-refractivity contribution < 1.29 is 19.2 Å². The predicted molar refractivity (Wildman–Crippen MR) is 167 cm³/mol. The molecule has 0 aromatic heterocycles. The lowest BCUT2D eigenvalue weighted by Gasteiger charge is -2.25. The minimum absolute atomic E-state index is 0.0793. The molecule has 0 heterocycles. The zero-order valence-corrected chi connectivity index (χ0v) is 22.8. The van der Waals surface area contributed by atoms with Gasteiger partial charge in [0.2, 0.25) is 0 Å². The van der Waals surface area contributed by atoms with Gasteiger partial charge in [-0.25, -0.2) is 0 Å². The van der Waals surface area contributed by atoms with Gasteiger partial charge < -0.3 is 0 Å². The Morgan fingerprint density at radius 2 is 0.690 bits per heavy atom. The molecular formula is C38H20O4. The Morgan fingerprint density at radius 1 is 0.357 bits per heavy atom. The summed E-state index contributed by atoms with van der Waals surface area (Å²) in [6, 6.07) is 20.5. The van der Waals surface area contributed by atoms with E-state index in [-0.39, 0.29) is 36.0 Å². The van der Waals surface area contributed by atoms with Crippen molar-refractivity contribution in [2.24, 2.45) is 0 Å². The summed E-state index contributed by atoms with van der Waals surface area (Å²) >= 11 is 0. The fourth-order valence-corrected chi connectivity index (χ4v) is 8.48. The quantitative estimate of drug-likeness (QED) is 0.110. The fourth-order valence-electron chi connectivity index (χ4n) is 8.48. The zero-order chi connectivity index (χ0) is 28.3. The summed E-state index contributed by atoms with van der Waals surface area (Å²) in [4.78, 5) is 52.0. The van der Waals surface area contributed by atoms with Crippen LogP contribution in [0.4, 0.5) is 0 Å². The van der Waals surface area contributed by atoms with Gasteiger partial charge in [-0.15, -0.1) is 0 Å². The molecule has 42 heavy (non-hydrogen) atoms. The van der Waals surface area contributed by atoms with Crippen LogP contribution < -0.4 is 0 Å². The highest BCUT2D eigenvalue weighted by Gasteiger charge is 2.31. The lowest BCUT2D eigenvalue weighted by Crippen LogP contribution is -2.17. The number of hydrogen-bond acceptors (Lipinski definition) is 4. The summed E-state index contributed by atoms with van der Waals surface area (Å²) in [5, 5.41) is 14.5. The third-order valence-corrected chi connectivity index (χ3v) is 10.1. The van der Waals surface area contributed by atoms with E-state index in [1.165, 1.54) is 0 Å². The maximum atomic E-state index is 13.0. The number of ketones is 4. The van der Waals surface area contributed by atoms with Gasteiger partial charge in [0.15, 0.2) is 23.1 Å². The van der Waals surface area contributed by atoms with Crippen molar-refractivity contribution >= 4 is 98.5 Å². The first-order valence-corrected chi connectivity index (χ1v) is 14.3. The van der Waals surface area contributed by atoms with Crippen LogP contribution in [0.2, 0.25) is 0 Å². The van der Waals surface area contributed by atoms with Gasteiger partial charge in [0.25, 0.3) is 0 Å². The largest absolute Gasteiger partial charge is 0.294 e. The topological polar surface area (TPSA) is 68.3 Å². The van der Waals surface area contributed by atoms with Crippen molar-refractivity contribution in [3.05, 3.63) is 94.0 Å². The van der Waals surface area contributed by atoms with Crippen molar-refractivity contribution in [2.75, 3.05) is 0 Å². The Balaban J connectivity index is 1.50. The van der Waals surface area contributed by atoms with Crippen LogP contribution >= 0.6 is 0 Å². The second-order valence-corrected chi connectivity index (χ2v) is 12.2. The summed E-state index contributed by atoms with van der Waals surface area (Å²) in [6.45, 7) is 4.11. The van der Waals surface area contributed by atoms with Crippen LogP contribution in [0.25, 0.3) is 75.4 Å². The lowest BCUT2D eigenvalue weighted by molar-refractivity contribution is 0.0874. The van der Waals surface area contributed by atoms with Gasteiger partial charge in [0.1, 0.15) is 0 Å². The van der Waals surface area contributed by atoms with Crippen molar-refractivity contribution in [2.45, 2.75) is 26.7 Å². The van der Waals surface area contributed by atoms with E-state index in [9.17, 15) is 19.2 Å². The van der Waals surface area contributed by atoms with E-state index in [0.29, 0.717) is 22.3 Å². The van der Waals surface area contributed by atoms with E-state index in [0.717, 1.165) is 86.5 Å². The Kier molecular flexibility index (Phi) is 3.73. The van der Waals surface area contributed by atoms with Crippen molar-refractivity contribution in [3.8, 4) is 0 Å². The molecule has 2 aliphatic rings. The molecule has 0 fully saturated rings. The molecule has 8 aromatic carbocycles. The Bertz CT molecular complexity index is 2520. The number of rotatable bonds is 0. The number of carbonyl (C=O) groups excluding carboxylic acids is 4. The van der Waals surface area contributed by atoms with Gasteiger partial charge in [-0.2, -0.15) is 0 Å². The number of carbonyl (C=O) groups is 4. The van der Waals surface area contributed by atoms with Crippen molar-refractivity contribution in [1.29, 1.82) is 0 Å². The van der Waals surface area contributed by atoms with Gasteiger partial charge in [0, 0.05) is 33.0 Å². The number of aryl methyl sites for hydroxylation is 2. The molecule has 4 heteroatoms. The summed E-state index contributed by atoms with van der Waals surface area (Å²) in [6.07, 6.45) is -0.159. The molecule has 4 nitrogen and oxygen atoms in total. The predicted octanol–water partition coefficient (Wildman–Crippen LogP) is 8.79. The van der Waals surface area contributed by atoms with Crippen LogP contribution in [-0.2, 0) is 0 Å². The SMILES string of the molecule is Cc1cc2c3c(ccc4c5ccc6c7c(C)cc8c9c(ccc(c%10ccc(c1c34)c5c%106)c97)C(=O)CC8=O)C(=O)CC2=O. The molecule has 196 valence electrons. The third-order valence-electron chi connectivity index (χ3n) is 10.1. The fraction of sp³-hybridized carbons (Fsp3) is 0.105. The van der Waals surface area contributed by atoms with Gasteiger partial charge in [-0.05, 0) is 102 Å². The molecule has 10 rings (SSSR count). The smallest absolute Gasteiger partial charge is 0.171 e. The second-order valence-electron chi connectivity index (χ2n) is 12.2. The van der Waals surface area contributed by atoms with Crippen LogP contribution in [0.5, 0.6) is 0 Å². The van der Waals surface area contributed by atoms with Gasteiger partial charge in [0.05, 0.1) is 12.8 Å². The van der Waals surface area contributed by atoms with E-state index in [2.05, 4.69) is 50.2 Å². The monoisotopic (exact) mass is 540 g/mol. The Hall–Kier alpha value is -5.22. The molecule has 0 N–H and O–H groups in total. The molecule has 0 atom stereocenters. The molecule has 0 spiro atoms. The van der Waals surface area contributed by atoms with E-state index in [1.54, 1.807) is 0 Å². The minimum atomic E-state index is -0.117. The summed E-state index contributed by atoms with van der Waals surface area (Å²) in [7, 11) is 0.